The van der Waals surface area contributed by atoms with Gasteiger partial charge in [0, 0.05) is 43.5 Å². The van der Waals surface area contributed by atoms with E-state index in [4.69, 9.17) is 5.73 Å². The average molecular weight is 427 g/mol. The Morgan fingerprint density at radius 3 is 2.76 bits per heavy atom. The number of halogens is 2. The summed E-state index contributed by atoms with van der Waals surface area (Å²) in [7, 11) is 2.07. The quantitative estimate of drug-likeness (QED) is 0.596. The van der Waals surface area contributed by atoms with Crippen molar-refractivity contribution in [3.05, 3.63) is 49.7 Å². The van der Waals surface area contributed by atoms with E-state index in [1.165, 1.54) is 4.88 Å². The monoisotopic (exact) mass is 425 g/mol. The maximum atomic E-state index is 6.07. The predicted octanol–water partition coefficient (Wildman–Crippen LogP) is 5.04. The summed E-state index contributed by atoms with van der Waals surface area (Å²) in [6.45, 7) is 0.840. The summed E-state index contributed by atoms with van der Waals surface area (Å²) < 4.78 is 2.06. The molecule has 1 aromatic carbocycles. The number of anilines is 2. The molecule has 3 rings (SSSR count). The summed E-state index contributed by atoms with van der Waals surface area (Å²) in [6, 6.07) is 8.12. The molecule has 2 aromatic heterocycles. The van der Waals surface area contributed by atoms with Crippen LogP contribution < -0.4 is 10.6 Å². The number of pyridine rings is 1. The van der Waals surface area contributed by atoms with E-state index in [1.807, 2.05) is 18.2 Å². The largest absolute Gasteiger partial charge is 0.398 e. The molecule has 6 heteroatoms. The van der Waals surface area contributed by atoms with Crippen molar-refractivity contribution < 1.29 is 0 Å². The first-order valence-corrected chi connectivity index (χ1v) is 8.79. The first-order chi connectivity index (χ1) is 10.0. The number of hydrogen-bond acceptors (Lipinski definition) is 4. The number of nitrogen functional groups attached to an aromatic ring is 1. The van der Waals surface area contributed by atoms with Crippen LogP contribution in [0.1, 0.15) is 4.88 Å². The minimum absolute atomic E-state index is 0.745. The normalized spacial score (nSPS) is 11.0. The summed E-state index contributed by atoms with van der Waals surface area (Å²) in [4.78, 5) is 8.03. The van der Waals surface area contributed by atoms with Crippen LogP contribution in [-0.2, 0) is 6.54 Å². The molecule has 3 nitrogen and oxygen atoms in total. The van der Waals surface area contributed by atoms with Crippen molar-refractivity contribution in [1.29, 1.82) is 0 Å². The maximum absolute atomic E-state index is 6.07. The van der Waals surface area contributed by atoms with Crippen molar-refractivity contribution >= 4 is 65.5 Å². The van der Waals surface area contributed by atoms with Crippen LogP contribution in [0, 0.1) is 0 Å². The van der Waals surface area contributed by atoms with Gasteiger partial charge in [-0.1, -0.05) is 0 Å². The van der Waals surface area contributed by atoms with Crippen LogP contribution in [0.2, 0.25) is 0 Å². The second-order valence-electron chi connectivity index (χ2n) is 4.81. The van der Waals surface area contributed by atoms with Crippen LogP contribution in [0.5, 0.6) is 0 Å². The van der Waals surface area contributed by atoms with Crippen LogP contribution in [-0.4, -0.2) is 12.0 Å². The van der Waals surface area contributed by atoms with E-state index in [1.54, 1.807) is 17.5 Å². The highest BCUT2D eigenvalue weighted by molar-refractivity contribution is 9.10. The van der Waals surface area contributed by atoms with Crippen molar-refractivity contribution in [2.24, 2.45) is 0 Å². The van der Waals surface area contributed by atoms with Crippen LogP contribution >= 0.6 is 43.2 Å². The zero-order chi connectivity index (χ0) is 15.0. The van der Waals surface area contributed by atoms with E-state index < -0.39 is 0 Å². The lowest BCUT2D eigenvalue weighted by atomic mass is 10.1. The molecule has 0 radical (unpaired) electrons. The summed E-state index contributed by atoms with van der Waals surface area (Å²) in [5.41, 5.74) is 8.82. The van der Waals surface area contributed by atoms with Crippen LogP contribution in [0.15, 0.2) is 44.8 Å². The number of benzene rings is 1. The molecule has 0 unspecified atom stereocenters. The SMILES string of the molecule is CN(Cc1cc(Br)cs1)c1ccc(N)c2cc(Br)cnc12. The van der Waals surface area contributed by atoms with E-state index in [0.29, 0.717) is 0 Å². The van der Waals surface area contributed by atoms with Gasteiger partial charge in [0.25, 0.3) is 0 Å². The Morgan fingerprint density at radius 2 is 2.05 bits per heavy atom. The predicted molar refractivity (Wildman–Crippen MR) is 98.0 cm³/mol. The fourth-order valence-electron chi connectivity index (χ4n) is 2.26. The minimum atomic E-state index is 0.745. The molecule has 0 saturated carbocycles. The van der Waals surface area contributed by atoms with Crippen LogP contribution in [0.4, 0.5) is 11.4 Å². The Balaban J connectivity index is 2.01. The van der Waals surface area contributed by atoms with Crippen molar-refractivity contribution in [1.82, 2.24) is 4.98 Å². The molecular weight excluding hydrogens is 414 g/mol. The molecule has 21 heavy (non-hydrogen) atoms. The molecule has 0 aliphatic carbocycles. The van der Waals surface area contributed by atoms with Crippen molar-refractivity contribution in [2.75, 3.05) is 17.7 Å². The van der Waals surface area contributed by atoms with Gasteiger partial charge in [-0.15, -0.1) is 11.3 Å². The zero-order valence-corrected chi connectivity index (χ0v) is 15.3. The molecule has 0 saturated heterocycles. The summed E-state index contributed by atoms with van der Waals surface area (Å²) in [5, 5.41) is 3.07. The van der Waals surface area contributed by atoms with Crippen molar-refractivity contribution in [3.63, 3.8) is 0 Å². The molecule has 0 aliphatic heterocycles. The minimum Gasteiger partial charge on any atom is -0.398 e. The molecule has 2 N–H and O–H groups in total. The van der Waals surface area contributed by atoms with Gasteiger partial charge < -0.3 is 10.6 Å². The zero-order valence-electron chi connectivity index (χ0n) is 11.3. The molecule has 2 heterocycles. The Morgan fingerprint density at radius 1 is 1.24 bits per heavy atom. The Kier molecular flexibility index (Phi) is 4.19. The molecule has 3 aromatic rings. The van der Waals surface area contributed by atoms with Gasteiger partial charge in [0.1, 0.15) is 0 Å². The third-order valence-electron chi connectivity index (χ3n) is 3.25. The number of aromatic nitrogens is 1. The van der Waals surface area contributed by atoms with Gasteiger partial charge in [0.05, 0.1) is 17.7 Å². The summed E-state index contributed by atoms with van der Waals surface area (Å²) >= 11 is 8.69. The van der Waals surface area contributed by atoms with Crippen LogP contribution in [0.25, 0.3) is 10.9 Å². The molecule has 0 amide bonds. The highest BCUT2D eigenvalue weighted by Crippen LogP contribution is 2.32. The van der Waals surface area contributed by atoms with Crippen LogP contribution in [0.3, 0.4) is 0 Å². The van der Waals surface area contributed by atoms with Gasteiger partial charge in [-0.2, -0.15) is 0 Å². The van der Waals surface area contributed by atoms with Gasteiger partial charge in [0.15, 0.2) is 0 Å². The van der Waals surface area contributed by atoms with E-state index in [2.05, 4.69) is 60.2 Å². The Hall–Kier alpha value is -1.11. The number of thiophene rings is 1. The highest BCUT2D eigenvalue weighted by atomic mass is 79.9. The van der Waals surface area contributed by atoms with Crippen molar-refractivity contribution in [2.45, 2.75) is 6.54 Å². The smallest absolute Gasteiger partial charge is 0.0956 e. The molecular formula is C15H13Br2N3S. The standard InChI is InChI=1S/C15H13Br2N3S/c1-20(7-11-4-10(17)8-21-11)14-3-2-13(18)12-5-9(16)6-19-15(12)14/h2-6,8H,7,18H2,1H3. The molecule has 0 fully saturated rings. The lowest BCUT2D eigenvalue weighted by Gasteiger charge is -2.20. The first-order valence-electron chi connectivity index (χ1n) is 6.32. The van der Waals surface area contributed by atoms with E-state index in [0.717, 1.165) is 37.8 Å². The van der Waals surface area contributed by atoms with Gasteiger partial charge in [-0.25, -0.2) is 0 Å². The number of nitrogens with zero attached hydrogens (tertiary/aromatic N) is 2. The van der Waals surface area contributed by atoms with E-state index in [-0.39, 0.29) is 0 Å². The molecule has 0 bridgehead atoms. The third kappa shape index (κ3) is 3.07. The lowest BCUT2D eigenvalue weighted by Crippen LogP contribution is -2.16. The second-order valence-corrected chi connectivity index (χ2v) is 7.64. The lowest BCUT2D eigenvalue weighted by molar-refractivity contribution is 0.943. The highest BCUT2D eigenvalue weighted by Gasteiger charge is 2.11. The topological polar surface area (TPSA) is 42.1 Å². The number of hydrogen-bond donors (Lipinski definition) is 1. The van der Waals surface area contributed by atoms with E-state index in [9.17, 15) is 0 Å². The van der Waals surface area contributed by atoms with Gasteiger partial charge in [-0.05, 0) is 56.1 Å². The molecule has 108 valence electrons. The van der Waals surface area contributed by atoms with E-state index >= 15 is 0 Å². The first kappa shape index (κ1) is 14.8. The number of fused-ring (bicyclic) bond motifs is 1. The number of nitrogens with two attached hydrogens (primary N) is 1. The van der Waals surface area contributed by atoms with Gasteiger partial charge in [0.2, 0.25) is 0 Å². The van der Waals surface area contributed by atoms with Gasteiger partial charge >= 0.3 is 0 Å². The second kappa shape index (κ2) is 5.94. The van der Waals surface area contributed by atoms with Gasteiger partial charge in [-0.3, -0.25) is 4.98 Å². The maximum Gasteiger partial charge on any atom is 0.0956 e. The fourth-order valence-corrected chi connectivity index (χ4v) is 4.10. The fraction of sp³-hybridized carbons (Fsp3) is 0.133. The molecule has 0 spiro atoms. The summed E-state index contributed by atoms with van der Waals surface area (Å²) in [5.74, 6) is 0. The Bertz CT molecular complexity index is 801. The average Bonchev–Trinajstić information content (AvgIpc) is 2.85. The Labute approximate surface area is 144 Å². The summed E-state index contributed by atoms with van der Waals surface area (Å²) in [6.07, 6.45) is 1.81. The number of rotatable bonds is 3. The third-order valence-corrected chi connectivity index (χ3v) is 5.37. The molecule has 0 aliphatic rings. The van der Waals surface area contributed by atoms with Crippen molar-refractivity contribution in [3.8, 4) is 0 Å². The molecule has 0 atom stereocenters.